The predicted octanol–water partition coefficient (Wildman–Crippen LogP) is 19.5. The Bertz CT molecular complexity index is 3950. The summed E-state index contributed by atoms with van der Waals surface area (Å²) in [5.74, 6) is 0. The van der Waals surface area contributed by atoms with Gasteiger partial charge in [0, 0.05) is 45.4 Å². The minimum absolute atomic E-state index is 0.117. The number of terminal acetylenes is 1. The molecule has 13 rings (SSSR count). The summed E-state index contributed by atoms with van der Waals surface area (Å²) in [6.07, 6.45) is 25.6. The Morgan fingerprint density at radius 3 is 2.04 bits per heavy atom. The van der Waals surface area contributed by atoms with Gasteiger partial charge in [-0.3, -0.25) is 0 Å². The van der Waals surface area contributed by atoms with Crippen LogP contribution in [0.2, 0.25) is 0 Å². The number of thiol groups is 1. The summed E-state index contributed by atoms with van der Waals surface area (Å²) in [5.41, 5.74) is 23.7. The molecule has 0 spiro atoms. The summed E-state index contributed by atoms with van der Waals surface area (Å²) in [7, 11) is 2.11. The van der Waals surface area contributed by atoms with E-state index in [2.05, 4.69) is 282 Å². The van der Waals surface area contributed by atoms with Crippen molar-refractivity contribution in [3.05, 3.63) is 252 Å². The minimum atomic E-state index is -0.117. The highest BCUT2D eigenvalue weighted by molar-refractivity contribution is 8.31. The van der Waals surface area contributed by atoms with Crippen LogP contribution < -0.4 is 4.90 Å². The van der Waals surface area contributed by atoms with E-state index in [9.17, 15) is 0 Å². The normalized spacial score (nSPS) is 14.0. The van der Waals surface area contributed by atoms with Crippen molar-refractivity contribution in [3.8, 4) is 62.5 Å². The van der Waals surface area contributed by atoms with Crippen molar-refractivity contribution >= 4 is 75.3 Å². The summed E-state index contributed by atoms with van der Waals surface area (Å²) >= 11 is 5.21. The molecule has 0 saturated carbocycles. The standard InChI is InChI=1S/C66H51N3S.C2H6.C2H2.H3PS/c1-4-5-6-16-37-68-61-24-15-14-23-57(61)66(2,3)58-34-28-44(29-36-62(58)68)47-30-35-60-55(40-47)56-41-64-59(67-65(70-64)45-17-8-7-9-18-45)42-63(56)69(60)50-31-25-43(26-32-50)46-27-33-53-51-21-12-10-19-48(51)38-49-20-11-13-22-52(49)54(53)39-46;3*1-2/h4-33,35-36,39-42H,34,37-38H2,1-3H3;1-2H3;1-2H;2H,1H2/b5-4-,16-6-;;;. The maximum atomic E-state index is 5.23. The zero-order valence-electron chi connectivity index (χ0n) is 43.8. The van der Waals surface area contributed by atoms with Gasteiger partial charge < -0.3 is 9.47 Å². The average Bonchev–Trinajstić information content (AvgIpc) is 3.95. The first-order valence-corrected chi connectivity index (χ1v) is 29.0. The quantitative estimate of drug-likeness (QED) is 0.0743. The monoisotopic (exact) mass is 1040 g/mol. The van der Waals surface area contributed by atoms with E-state index < -0.39 is 0 Å². The molecule has 0 radical (unpaired) electrons. The molecule has 2 aromatic heterocycles. The highest BCUT2D eigenvalue weighted by Gasteiger charge is 2.37. The van der Waals surface area contributed by atoms with E-state index in [4.69, 9.17) is 4.98 Å². The van der Waals surface area contributed by atoms with E-state index in [0.717, 1.165) is 46.7 Å². The Labute approximate surface area is 460 Å². The molecule has 374 valence electrons. The maximum absolute atomic E-state index is 5.23. The molecule has 0 bridgehead atoms. The number of thiazole rings is 1. The van der Waals surface area contributed by atoms with Gasteiger partial charge >= 0.3 is 0 Å². The lowest BCUT2D eigenvalue weighted by molar-refractivity contribution is 0.587. The molecule has 3 aliphatic rings. The van der Waals surface area contributed by atoms with Crippen LogP contribution in [0.5, 0.6) is 0 Å². The van der Waals surface area contributed by atoms with Gasteiger partial charge in [-0.25, -0.2) is 4.98 Å². The third kappa shape index (κ3) is 9.41. The largest absolute Gasteiger partial charge is 0.337 e. The van der Waals surface area contributed by atoms with Crippen LogP contribution in [0.3, 0.4) is 0 Å². The number of para-hydroxylation sites is 1. The molecule has 1 aliphatic heterocycles. The maximum Gasteiger partial charge on any atom is 0.124 e. The zero-order chi connectivity index (χ0) is 52.9. The van der Waals surface area contributed by atoms with Crippen molar-refractivity contribution in [2.45, 2.75) is 52.9 Å². The third-order valence-corrected chi connectivity index (χ3v) is 16.1. The molecule has 0 fully saturated rings. The third-order valence-electron chi connectivity index (χ3n) is 15.0. The first-order chi connectivity index (χ1) is 37.4. The van der Waals surface area contributed by atoms with E-state index >= 15 is 0 Å². The van der Waals surface area contributed by atoms with Gasteiger partial charge in [0.2, 0.25) is 0 Å². The van der Waals surface area contributed by atoms with Crippen molar-refractivity contribution in [3.63, 3.8) is 0 Å². The molecule has 10 aromatic rings. The zero-order valence-corrected chi connectivity index (χ0v) is 46.7. The molecule has 0 saturated heterocycles. The van der Waals surface area contributed by atoms with Gasteiger partial charge in [-0.15, -0.1) is 24.2 Å². The fourth-order valence-corrected chi connectivity index (χ4v) is 12.4. The van der Waals surface area contributed by atoms with Crippen LogP contribution in [-0.4, -0.2) is 16.1 Å². The molecular weight excluding hydrogens is 978 g/mol. The molecule has 3 nitrogen and oxygen atoms in total. The lowest BCUT2D eigenvalue weighted by Gasteiger charge is -2.42. The number of nitrogens with zero attached hydrogens (tertiary/aromatic N) is 3. The Morgan fingerprint density at radius 1 is 0.632 bits per heavy atom. The molecule has 2 aliphatic carbocycles. The van der Waals surface area contributed by atoms with Crippen LogP contribution in [0.1, 0.15) is 63.3 Å². The molecular formula is C70H62N3PS2. The van der Waals surface area contributed by atoms with Crippen LogP contribution >= 0.6 is 32.0 Å². The summed E-state index contributed by atoms with van der Waals surface area (Å²) < 4.78 is 3.63. The lowest BCUT2D eigenvalue weighted by Crippen LogP contribution is -2.36. The molecule has 8 aromatic carbocycles. The number of rotatable bonds is 7. The van der Waals surface area contributed by atoms with Crippen LogP contribution in [0.15, 0.2) is 230 Å². The summed E-state index contributed by atoms with van der Waals surface area (Å²) in [4.78, 5) is 7.73. The topological polar surface area (TPSA) is 21.1 Å². The van der Waals surface area contributed by atoms with Crippen LogP contribution in [-0.2, 0) is 11.8 Å². The Kier molecular flexibility index (Phi) is 15.4. The number of aromatic nitrogens is 2. The first kappa shape index (κ1) is 51.8. The number of anilines is 1. The molecule has 1 unspecified atom stereocenters. The van der Waals surface area contributed by atoms with Crippen LogP contribution in [0, 0.1) is 12.8 Å². The van der Waals surface area contributed by atoms with Crippen LogP contribution in [0.4, 0.5) is 5.69 Å². The molecule has 0 amide bonds. The van der Waals surface area contributed by atoms with E-state index in [0.29, 0.717) is 0 Å². The Hall–Kier alpha value is -7.71. The van der Waals surface area contributed by atoms with Crippen molar-refractivity contribution in [1.82, 2.24) is 9.55 Å². The number of benzene rings is 8. The number of hydrogen-bond donors (Lipinski definition) is 1. The fourth-order valence-electron chi connectivity index (χ4n) is 11.4. The van der Waals surface area contributed by atoms with Gasteiger partial charge in [0.1, 0.15) is 5.01 Å². The van der Waals surface area contributed by atoms with Gasteiger partial charge in [0.25, 0.3) is 0 Å². The second kappa shape index (κ2) is 22.6. The molecule has 3 heterocycles. The predicted molar refractivity (Wildman–Crippen MR) is 338 cm³/mol. The van der Waals surface area contributed by atoms with Crippen LogP contribution in [0.25, 0.3) is 87.2 Å². The van der Waals surface area contributed by atoms with Gasteiger partial charge in [0.15, 0.2) is 0 Å². The molecule has 76 heavy (non-hydrogen) atoms. The SMILES string of the molecule is C#C.C/C=C\C=C/CN1C2=C(CC=C(c3ccc4c(c3)c3cc5sc(-c6ccccc6)nc5cc3n4-c3ccc(-c4ccc5c(c4)-c4ccccc4Cc4ccccc4-5)cc3)C=C2)C(C)(C)c2ccccc21.CC.PS. The van der Waals surface area contributed by atoms with E-state index in [1.54, 1.807) is 11.3 Å². The summed E-state index contributed by atoms with van der Waals surface area (Å²) in [6.45, 7) is 11.7. The van der Waals surface area contributed by atoms with Crippen molar-refractivity contribution in [1.29, 1.82) is 0 Å². The lowest BCUT2D eigenvalue weighted by atomic mass is 9.72. The number of hydrogen-bond acceptors (Lipinski definition) is 4. The number of fused-ring (bicyclic) bond motifs is 10. The van der Waals surface area contributed by atoms with E-state index in [-0.39, 0.29) is 5.41 Å². The van der Waals surface area contributed by atoms with Gasteiger partial charge in [-0.05, 0) is 141 Å². The Morgan fingerprint density at radius 2 is 1.29 bits per heavy atom. The fraction of sp³-hybridized carbons (Fsp3) is 0.129. The smallest absolute Gasteiger partial charge is 0.124 e. The summed E-state index contributed by atoms with van der Waals surface area (Å²) in [5, 5.41) is 3.50. The second-order valence-corrected chi connectivity index (χ2v) is 20.4. The number of allylic oxidation sites excluding steroid dienone is 8. The second-order valence-electron chi connectivity index (χ2n) is 19.4. The van der Waals surface area contributed by atoms with Gasteiger partial charge in [-0.1, -0.05) is 200 Å². The first-order valence-electron chi connectivity index (χ1n) is 26.1. The average molecular weight is 1040 g/mol. The highest BCUT2D eigenvalue weighted by Crippen LogP contribution is 2.49. The molecule has 0 N–H and O–H groups in total. The minimum Gasteiger partial charge on any atom is -0.337 e. The summed E-state index contributed by atoms with van der Waals surface area (Å²) in [6, 6.07) is 65.3. The van der Waals surface area contributed by atoms with E-state index in [1.807, 2.05) is 13.8 Å². The van der Waals surface area contributed by atoms with Gasteiger partial charge in [-0.2, -0.15) is 12.2 Å². The van der Waals surface area contributed by atoms with Crippen molar-refractivity contribution < 1.29 is 0 Å². The van der Waals surface area contributed by atoms with Gasteiger partial charge in [0.05, 0.1) is 21.3 Å². The highest BCUT2D eigenvalue weighted by atomic mass is 32.7. The van der Waals surface area contributed by atoms with E-state index in [1.165, 1.54) is 99.2 Å². The molecule has 1 atom stereocenters. The molecule has 6 heteroatoms. The van der Waals surface area contributed by atoms with Crippen molar-refractivity contribution in [2.24, 2.45) is 0 Å². The Balaban J connectivity index is 0.00000106. The van der Waals surface area contributed by atoms with Crippen molar-refractivity contribution in [2.75, 3.05) is 11.4 Å².